The van der Waals surface area contributed by atoms with E-state index in [0.717, 1.165) is 36.8 Å². The van der Waals surface area contributed by atoms with Gasteiger partial charge in [-0.3, -0.25) is 9.69 Å². The number of methoxy groups -OCH3 is 2. The summed E-state index contributed by atoms with van der Waals surface area (Å²) in [6.07, 6.45) is 1.13. The number of benzene rings is 1. The average Bonchev–Trinajstić information content (AvgIpc) is 2.71. The molecule has 0 aliphatic carbocycles. The number of rotatable bonds is 6. The Hall–Kier alpha value is -2.87. The van der Waals surface area contributed by atoms with Crippen LogP contribution in [0.15, 0.2) is 24.3 Å². The highest BCUT2D eigenvalue weighted by atomic mass is 16.5. The van der Waals surface area contributed by atoms with Crippen molar-refractivity contribution in [3.63, 3.8) is 0 Å². The molecule has 2 unspecified atom stereocenters. The van der Waals surface area contributed by atoms with Gasteiger partial charge in [0.2, 0.25) is 5.91 Å². The number of hydrogen-bond acceptors (Lipinski definition) is 7. The van der Waals surface area contributed by atoms with E-state index in [1.807, 2.05) is 26.0 Å². The molecule has 0 radical (unpaired) electrons. The fourth-order valence-corrected chi connectivity index (χ4v) is 4.27. The van der Waals surface area contributed by atoms with Gasteiger partial charge < -0.3 is 19.7 Å². The molecule has 3 aliphatic rings. The predicted molar refractivity (Wildman–Crippen MR) is 111 cm³/mol. The molecule has 3 aliphatic heterocycles. The highest BCUT2D eigenvalue weighted by molar-refractivity contribution is 5.92. The SMILES string of the molecule is COc1ccc(NC(=O)CN2C3CC2CN(c2cc(C)nc(C)n2)C3)cc1OC. The minimum absolute atomic E-state index is 0.0194. The zero-order chi connectivity index (χ0) is 20.5. The van der Waals surface area contributed by atoms with Crippen LogP contribution in [0, 0.1) is 13.8 Å². The molecule has 1 amide bonds. The maximum atomic E-state index is 12.6. The number of anilines is 2. The van der Waals surface area contributed by atoms with Crippen molar-refractivity contribution in [1.29, 1.82) is 0 Å². The summed E-state index contributed by atoms with van der Waals surface area (Å²) in [6.45, 7) is 6.07. The largest absolute Gasteiger partial charge is 0.493 e. The van der Waals surface area contributed by atoms with E-state index in [0.29, 0.717) is 35.8 Å². The quantitative estimate of drug-likeness (QED) is 0.799. The highest BCUT2D eigenvalue weighted by Gasteiger charge is 2.45. The van der Waals surface area contributed by atoms with Crippen LogP contribution in [-0.2, 0) is 4.79 Å². The molecular formula is C21H27N5O3. The molecule has 2 aromatic rings. The third-order valence-corrected chi connectivity index (χ3v) is 5.61. The second-order valence-corrected chi connectivity index (χ2v) is 7.65. The molecule has 154 valence electrons. The summed E-state index contributed by atoms with van der Waals surface area (Å²) in [5.74, 6) is 2.99. The molecule has 2 atom stereocenters. The Morgan fingerprint density at radius 1 is 1.10 bits per heavy atom. The van der Waals surface area contributed by atoms with Crippen LogP contribution in [0.5, 0.6) is 11.5 Å². The number of piperidine rings is 1. The summed E-state index contributed by atoms with van der Waals surface area (Å²) in [4.78, 5) is 26.1. The Morgan fingerprint density at radius 2 is 1.83 bits per heavy atom. The topological polar surface area (TPSA) is 79.8 Å². The van der Waals surface area contributed by atoms with Gasteiger partial charge in [0.05, 0.1) is 20.8 Å². The molecule has 1 aromatic carbocycles. The number of ether oxygens (including phenoxy) is 2. The Bertz CT molecular complexity index is 887. The summed E-state index contributed by atoms with van der Waals surface area (Å²) in [5, 5.41) is 2.96. The molecule has 5 rings (SSSR count). The lowest BCUT2D eigenvalue weighted by Gasteiger charge is -2.56. The predicted octanol–water partition coefficient (Wildman–Crippen LogP) is 2.01. The Labute approximate surface area is 170 Å². The van der Waals surface area contributed by atoms with Crippen LogP contribution >= 0.6 is 0 Å². The van der Waals surface area contributed by atoms with Crippen LogP contribution in [0.1, 0.15) is 17.9 Å². The van der Waals surface area contributed by atoms with Gasteiger partial charge in [0, 0.05) is 48.7 Å². The van der Waals surface area contributed by atoms with Crippen molar-refractivity contribution in [2.75, 3.05) is 44.1 Å². The molecule has 4 heterocycles. The number of amides is 1. The lowest BCUT2D eigenvalue weighted by Crippen LogP contribution is -2.69. The molecule has 0 spiro atoms. The van der Waals surface area contributed by atoms with E-state index in [1.165, 1.54) is 0 Å². The van der Waals surface area contributed by atoms with E-state index in [9.17, 15) is 4.79 Å². The second kappa shape index (κ2) is 7.87. The fourth-order valence-electron chi connectivity index (χ4n) is 4.27. The number of nitrogens with one attached hydrogen (secondary N) is 1. The van der Waals surface area contributed by atoms with Crippen LogP contribution in [0.2, 0.25) is 0 Å². The van der Waals surface area contributed by atoms with E-state index in [2.05, 4.69) is 25.1 Å². The maximum absolute atomic E-state index is 12.6. The molecular weight excluding hydrogens is 370 g/mol. The molecule has 3 saturated heterocycles. The van der Waals surface area contributed by atoms with Crippen molar-refractivity contribution in [3.05, 3.63) is 35.8 Å². The first-order valence-corrected chi connectivity index (χ1v) is 9.81. The number of fused-ring (bicyclic) bond motifs is 2. The lowest BCUT2D eigenvalue weighted by atomic mass is 9.87. The number of aromatic nitrogens is 2. The van der Waals surface area contributed by atoms with Gasteiger partial charge in [-0.25, -0.2) is 9.97 Å². The van der Waals surface area contributed by atoms with Gasteiger partial charge in [-0.1, -0.05) is 0 Å². The standard InChI is InChI=1S/C21H27N5O3/c1-13-7-20(23-14(2)22-13)25-10-16-9-17(11-25)26(16)12-21(27)24-15-5-6-18(28-3)19(8-15)29-4/h5-8,16-17H,9-12H2,1-4H3,(H,24,27). The van der Waals surface area contributed by atoms with Crippen molar-refractivity contribution in [2.24, 2.45) is 0 Å². The summed E-state index contributed by atoms with van der Waals surface area (Å²) in [7, 11) is 3.17. The average molecular weight is 397 g/mol. The molecule has 3 fully saturated rings. The van der Waals surface area contributed by atoms with Crippen molar-refractivity contribution >= 4 is 17.4 Å². The number of carbonyl (C=O) groups is 1. The smallest absolute Gasteiger partial charge is 0.238 e. The molecule has 8 nitrogen and oxygen atoms in total. The van der Waals surface area contributed by atoms with E-state index in [-0.39, 0.29) is 5.91 Å². The first-order chi connectivity index (χ1) is 14.0. The monoisotopic (exact) mass is 397 g/mol. The lowest BCUT2D eigenvalue weighted by molar-refractivity contribution is -0.121. The van der Waals surface area contributed by atoms with E-state index < -0.39 is 0 Å². The van der Waals surface area contributed by atoms with Crippen molar-refractivity contribution < 1.29 is 14.3 Å². The van der Waals surface area contributed by atoms with Gasteiger partial charge >= 0.3 is 0 Å². The normalized spacial score (nSPS) is 20.8. The van der Waals surface area contributed by atoms with Crippen LogP contribution < -0.4 is 19.7 Å². The Balaban J connectivity index is 1.35. The Morgan fingerprint density at radius 3 is 2.48 bits per heavy atom. The van der Waals surface area contributed by atoms with Gasteiger partial charge in [0.15, 0.2) is 11.5 Å². The van der Waals surface area contributed by atoms with Gasteiger partial charge in [0.1, 0.15) is 11.6 Å². The van der Waals surface area contributed by atoms with Gasteiger partial charge in [0.25, 0.3) is 0 Å². The second-order valence-electron chi connectivity index (χ2n) is 7.65. The third kappa shape index (κ3) is 3.98. The van der Waals surface area contributed by atoms with Crippen LogP contribution in [0.4, 0.5) is 11.5 Å². The fraction of sp³-hybridized carbons (Fsp3) is 0.476. The highest BCUT2D eigenvalue weighted by Crippen LogP contribution is 2.34. The molecule has 29 heavy (non-hydrogen) atoms. The van der Waals surface area contributed by atoms with Gasteiger partial charge in [-0.15, -0.1) is 0 Å². The van der Waals surface area contributed by atoms with Crippen LogP contribution in [-0.4, -0.2) is 66.7 Å². The molecule has 8 heteroatoms. The molecule has 2 bridgehead atoms. The summed E-state index contributed by atoms with van der Waals surface area (Å²) in [6, 6.07) is 8.16. The molecule has 1 aromatic heterocycles. The number of carbonyl (C=O) groups excluding carboxylic acids is 1. The van der Waals surface area contributed by atoms with Crippen LogP contribution in [0.25, 0.3) is 0 Å². The van der Waals surface area contributed by atoms with Gasteiger partial charge in [-0.05, 0) is 32.4 Å². The third-order valence-electron chi connectivity index (χ3n) is 5.61. The summed E-state index contributed by atoms with van der Waals surface area (Å²) < 4.78 is 10.5. The molecule has 0 saturated carbocycles. The summed E-state index contributed by atoms with van der Waals surface area (Å²) in [5.41, 5.74) is 1.68. The number of nitrogens with zero attached hydrogens (tertiary/aromatic N) is 4. The van der Waals surface area contributed by atoms with E-state index >= 15 is 0 Å². The zero-order valence-electron chi connectivity index (χ0n) is 17.3. The molecule has 1 N–H and O–H groups in total. The maximum Gasteiger partial charge on any atom is 0.238 e. The first-order valence-electron chi connectivity index (χ1n) is 9.81. The summed E-state index contributed by atoms with van der Waals surface area (Å²) >= 11 is 0. The van der Waals surface area contributed by atoms with E-state index in [4.69, 9.17) is 9.47 Å². The first kappa shape index (κ1) is 19.4. The number of hydrogen-bond donors (Lipinski definition) is 1. The minimum atomic E-state index is -0.0194. The Kier molecular flexibility index (Phi) is 5.27. The van der Waals surface area contributed by atoms with Crippen molar-refractivity contribution in [3.8, 4) is 11.5 Å². The number of piperazine rings is 1. The minimum Gasteiger partial charge on any atom is -0.493 e. The van der Waals surface area contributed by atoms with Crippen LogP contribution in [0.3, 0.4) is 0 Å². The van der Waals surface area contributed by atoms with Crippen molar-refractivity contribution in [2.45, 2.75) is 32.4 Å². The van der Waals surface area contributed by atoms with Crippen molar-refractivity contribution in [1.82, 2.24) is 14.9 Å². The number of aryl methyl sites for hydroxylation is 2. The van der Waals surface area contributed by atoms with Gasteiger partial charge in [-0.2, -0.15) is 0 Å². The zero-order valence-corrected chi connectivity index (χ0v) is 17.3. The van der Waals surface area contributed by atoms with E-state index in [1.54, 1.807) is 26.4 Å².